The normalized spacial score (nSPS) is 26.9. The Morgan fingerprint density at radius 2 is 2.19 bits per heavy atom. The van der Waals surface area contributed by atoms with Crippen LogP contribution in [0.2, 0.25) is 0 Å². The number of fused-ring (bicyclic) bond motifs is 1. The van der Waals surface area contributed by atoms with Gasteiger partial charge in [-0.15, -0.1) is 0 Å². The molecule has 1 saturated carbocycles. The molecule has 0 radical (unpaired) electrons. The smallest absolute Gasteiger partial charge is 0.238 e. The lowest BCUT2D eigenvalue weighted by Crippen LogP contribution is -2.32. The van der Waals surface area contributed by atoms with Gasteiger partial charge in [-0.2, -0.15) is 0 Å². The molecule has 1 heterocycles. The minimum Gasteiger partial charge on any atom is -0.492 e. The Morgan fingerprint density at radius 3 is 2.81 bits per heavy atom. The quantitative estimate of drug-likeness (QED) is 0.850. The van der Waals surface area contributed by atoms with Crippen molar-refractivity contribution in [2.45, 2.75) is 24.2 Å². The highest BCUT2D eigenvalue weighted by Crippen LogP contribution is 2.38. The van der Waals surface area contributed by atoms with E-state index in [1.807, 2.05) is 0 Å². The topological polar surface area (TPSA) is 98.5 Å². The van der Waals surface area contributed by atoms with E-state index in [9.17, 15) is 13.2 Å². The van der Waals surface area contributed by atoms with E-state index in [1.54, 1.807) is 6.07 Å². The van der Waals surface area contributed by atoms with E-state index in [1.165, 1.54) is 12.1 Å². The molecule has 3 atom stereocenters. The molecule has 6 nitrogen and oxygen atoms in total. The SMILES string of the molecule is CC1CC1CNC(=O)C1COc2ccc(S(N)(=O)=O)cc21. The predicted molar refractivity (Wildman–Crippen MR) is 76.3 cm³/mol. The van der Waals surface area contributed by atoms with Gasteiger partial charge in [0.15, 0.2) is 0 Å². The minimum atomic E-state index is -3.78. The van der Waals surface area contributed by atoms with Gasteiger partial charge in [0.2, 0.25) is 15.9 Å². The van der Waals surface area contributed by atoms with Crippen LogP contribution < -0.4 is 15.2 Å². The van der Waals surface area contributed by atoms with E-state index in [4.69, 9.17) is 9.88 Å². The summed E-state index contributed by atoms with van der Waals surface area (Å²) in [4.78, 5) is 12.2. The Kier molecular flexibility index (Phi) is 3.41. The summed E-state index contributed by atoms with van der Waals surface area (Å²) in [7, 11) is -3.78. The van der Waals surface area contributed by atoms with Gasteiger partial charge in [0, 0.05) is 12.1 Å². The Balaban J connectivity index is 1.77. The largest absolute Gasteiger partial charge is 0.492 e. The molecule has 21 heavy (non-hydrogen) atoms. The van der Waals surface area contributed by atoms with Gasteiger partial charge in [-0.3, -0.25) is 4.79 Å². The number of benzene rings is 1. The number of nitrogens with one attached hydrogen (secondary N) is 1. The Hall–Kier alpha value is -1.60. The molecular weight excluding hydrogens is 292 g/mol. The third kappa shape index (κ3) is 2.89. The lowest BCUT2D eigenvalue weighted by molar-refractivity contribution is -0.122. The van der Waals surface area contributed by atoms with Gasteiger partial charge in [0.25, 0.3) is 0 Å². The molecule has 114 valence electrons. The van der Waals surface area contributed by atoms with Crippen LogP contribution in [0, 0.1) is 11.8 Å². The van der Waals surface area contributed by atoms with Crippen molar-refractivity contribution < 1.29 is 17.9 Å². The van der Waals surface area contributed by atoms with Crippen LogP contribution >= 0.6 is 0 Å². The van der Waals surface area contributed by atoms with Crippen LogP contribution in [-0.4, -0.2) is 27.5 Å². The molecule has 0 aromatic heterocycles. The fourth-order valence-corrected chi connectivity index (χ4v) is 3.17. The van der Waals surface area contributed by atoms with Crippen molar-refractivity contribution in [3.05, 3.63) is 23.8 Å². The molecule has 1 aromatic carbocycles. The van der Waals surface area contributed by atoms with E-state index in [0.29, 0.717) is 29.7 Å². The molecular formula is C14H18N2O4S. The molecule has 0 spiro atoms. The lowest BCUT2D eigenvalue weighted by Gasteiger charge is -2.10. The molecule has 1 aliphatic heterocycles. The van der Waals surface area contributed by atoms with Crippen LogP contribution in [0.25, 0.3) is 0 Å². The molecule has 3 N–H and O–H groups in total. The standard InChI is InChI=1S/C14H18N2O4S/c1-8-4-9(8)6-16-14(17)12-7-20-13-3-2-10(5-11(12)13)21(15,18)19/h2-3,5,8-9,12H,4,6-7H2,1H3,(H,16,17)(H2,15,18,19). The van der Waals surface area contributed by atoms with Gasteiger partial charge in [0.1, 0.15) is 18.3 Å². The summed E-state index contributed by atoms with van der Waals surface area (Å²) in [6, 6.07) is 4.37. The first-order valence-electron chi connectivity index (χ1n) is 6.93. The maximum Gasteiger partial charge on any atom is 0.238 e. The van der Waals surface area contributed by atoms with Crippen LogP contribution in [0.5, 0.6) is 5.75 Å². The highest BCUT2D eigenvalue weighted by molar-refractivity contribution is 7.89. The maximum absolute atomic E-state index is 12.2. The number of hydrogen-bond donors (Lipinski definition) is 2. The fourth-order valence-electron chi connectivity index (χ4n) is 2.63. The van der Waals surface area contributed by atoms with Crippen LogP contribution in [0.4, 0.5) is 0 Å². The average molecular weight is 310 g/mol. The molecule has 3 unspecified atom stereocenters. The van der Waals surface area contributed by atoms with Crippen molar-refractivity contribution in [3.63, 3.8) is 0 Å². The number of ether oxygens (including phenoxy) is 1. The van der Waals surface area contributed by atoms with E-state index in [0.717, 1.165) is 6.42 Å². The zero-order chi connectivity index (χ0) is 15.2. The van der Waals surface area contributed by atoms with Crippen molar-refractivity contribution >= 4 is 15.9 Å². The van der Waals surface area contributed by atoms with Gasteiger partial charge in [0.05, 0.1) is 4.90 Å². The first-order valence-corrected chi connectivity index (χ1v) is 8.48. The molecule has 3 rings (SSSR count). The van der Waals surface area contributed by atoms with Crippen molar-refractivity contribution in [3.8, 4) is 5.75 Å². The number of amides is 1. The molecule has 0 saturated heterocycles. The molecule has 7 heteroatoms. The molecule has 1 amide bonds. The maximum atomic E-state index is 12.2. The molecule has 1 aliphatic carbocycles. The van der Waals surface area contributed by atoms with Gasteiger partial charge in [-0.1, -0.05) is 6.92 Å². The van der Waals surface area contributed by atoms with E-state index < -0.39 is 15.9 Å². The van der Waals surface area contributed by atoms with E-state index in [-0.39, 0.29) is 17.4 Å². The van der Waals surface area contributed by atoms with Crippen molar-refractivity contribution in [1.82, 2.24) is 5.32 Å². The van der Waals surface area contributed by atoms with E-state index in [2.05, 4.69) is 12.2 Å². The summed E-state index contributed by atoms with van der Waals surface area (Å²) in [5, 5.41) is 8.04. The monoisotopic (exact) mass is 310 g/mol. The molecule has 1 aromatic rings. The summed E-state index contributed by atoms with van der Waals surface area (Å²) in [6.45, 7) is 3.05. The van der Waals surface area contributed by atoms with Gasteiger partial charge in [-0.25, -0.2) is 13.6 Å². The minimum absolute atomic E-state index is 0.000338. The second-order valence-electron chi connectivity index (χ2n) is 5.83. The first kappa shape index (κ1) is 14.3. The Bertz CT molecular complexity index is 686. The molecule has 1 fully saturated rings. The Morgan fingerprint density at radius 1 is 1.48 bits per heavy atom. The summed E-state index contributed by atoms with van der Waals surface area (Å²) >= 11 is 0. The summed E-state index contributed by atoms with van der Waals surface area (Å²) in [5.41, 5.74) is 0.586. The van der Waals surface area contributed by atoms with Crippen LogP contribution in [0.3, 0.4) is 0 Å². The van der Waals surface area contributed by atoms with Crippen molar-refractivity contribution in [2.75, 3.05) is 13.2 Å². The van der Waals surface area contributed by atoms with E-state index >= 15 is 0 Å². The van der Waals surface area contributed by atoms with Gasteiger partial charge >= 0.3 is 0 Å². The average Bonchev–Trinajstić information content (AvgIpc) is 2.97. The zero-order valence-corrected chi connectivity index (χ0v) is 12.5. The van der Waals surface area contributed by atoms with Crippen LogP contribution in [0.15, 0.2) is 23.1 Å². The zero-order valence-electron chi connectivity index (χ0n) is 11.7. The molecule has 0 bridgehead atoms. The second-order valence-corrected chi connectivity index (χ2v) is 7.39. The number of hydrogen-bond acceptors (Lipinski definition) is 4. The van der Waals surface area contributed by atoms with Crippen molar-refractivity contribution in [1.29, 1.82) is 0 Å². The summed E-state index contributed by atoms with van der Waals surface area (Å²) < 4.78 is 28.3. The predicted octanol–water partition coefficient (Wildman–Crippen LogP) is 0.582. The van der Waals surface area contributed by atoms with Crippen molar-refractivity contribution in [2.24, 2.45) is 17.0 Å². The highest BCUT2D eigenvalue weighted by Gasteiger charge is 2.35. The number of carbonyl (C=O) groups is 1. The third-order valence-corrected chi connectivity index (χ3v) is 5.13. The summed E-state index contributed by atoms with van der Waals surface area (Å²) in [5.74, 6) is 1.18. The number of rotatable bonds is 4. The fraction of sp³-hybridized carbons (Fsp3) is 0.500. The number of nitrogens with two attached hydrogens (primary N) is 1. The van der Waals surface area contributed by atoms with Gasteiger partial charge < -0.3 is 10.1 Å². The highest BCUT2D eigenvalue weighted by atomic mass is 32.2. The second kappa shape index (κ2) is 4.99. The Labute approximate surface area is 123 Å². The number of sulfonamides is 1. The van der Waals surface area contributed by atoms with Crippen LogP contribution in [0.1, 0.15) is 24.8 Å². The summed E-state index contributed by atoms with van der Waals surface area (Å²) in [6.07, 6.45) is 1.15. The number of primary sulfonamides is 1. The third-order valence-electron chi connectivity index (χ3n) is 4.22. The van der Waals surface area contributed by atoms with Gasteiger partial charge in [-0.05, 0) is 36.5 Å². The molecule has 2 aliphatic rings. The lowest BCUT2D eigenvalue weighted by atomic mass is 10.0. The first-order chi connectivity index (χ1) is 9.86. The number of carbonyl (C=O) groups excluding carboxylic acids is 1. The van der Waals surface area contributed by atoms with Crippen LogP contribution in [-0.2, 0) is 14.8 Å².